The molecule has 0 fully saturated rings. The summed E-state index contributed by atoms with van der Waals surface area (Å²) in [5, 5.41) is 0. The Kier molecular flexibility index (Phi) is 3.60. The summed E-state index contributed by atoms with van der Waals surface area (Å²) in [6, 6.07) is 6.65. The van der Waals surface area contributed by atoms with Crippen molar-refractivity contribution >= 4 is 17.3 Å². The zero-order chi connectivity index (χ0) is 14.0. The van der Waals surface area contributed by atoms with Crippen molar-refractivity contribution in [3.63, 3.8) is 0 Å². The number of hydrogen-bond acceptors (Lipinski definition) is 4. The minimum atomic E-state index is -0.295. The number of carbonyl (C=O) groups excluding carboxylic acids is 3. The van der Waals surface area contributed by atoms with Gasteiger partial charge in [-0.25, -0.2) is 0 Å². The summed E-state index contributed by atoms with van der Waals surface area (Å²) < 4.78 is 5.07. The number of ketones is 3. The van der Waals surface area contributed by atoms with Gasteiger partial charge in [-0.1, -0.05) is 24.3 Å². The molecule has 0 saturated heterocycles. The number of benzene rings is 1. The summed E-state index contributed by atoms with van der Waals surface area (Å²) in [5.74, 6) is -0.489. The smallest absolute Gasteiger partial charge is 0.228 e. The van der Waals surface area contributed by atoms with E-state index in [-0.39, 0.29) is 36.0 Å². The second-order valence-corrected chi connectivity index (χ2v) is 4.42. The Morgan fingerprint density at radius 2 is 1.68 bits per heavy atom. The Hall–Kier alpha value is -2.23. The molecule has 0 aromatic heterocycles. The lowest BCUT2D eigenvalue weighted by Crippen LogP contribution is -2.23. The molecule has 2 rings (SSSR count). The molecule has 1 aromatic carbocycles. The van der Waals surface area contributed by atoms with Gasteiger partial charge in [0, 0.05) is 23.1 Å². The summed E-state index contributed by atoms with van der Waals surface area (Å²) >= 11 is 0. The molecule has 0 heterocycles. The Morgan fingerprint density at radius 1 is 1.11 bits per heavy atom. The van der Waals surface area contributed by atoms with Crippen LogP contribution in [-0.2, 0) is 9.53 Å². The van der Waals surface area contributed by atoms with Crippen molar-refractivity contribution < 1.29 is 19.1 Å². The maximum absolute atomic E-state index is 12.3. The van der Waals surface area contributed by atoms with Crippen LogP contribution in [0.1, 0.15) is 40.5 Å². The van der Waals surface area contributed by atoms with Crippen LogP contribution in [0.25, 0.3) is 0 Å². The van der Waals surface area contributed by atoms with E-state index in [2.05, 4.69) is 0 Å². The van der Waals surface area contributed by atoms with Crippen LogP contribution >= 0.6 is 0 Å². The quantitative estimate of drug-likeness (QED) is 0.831. The average molecular weight is 258 g/mol. The van der Waals surface area contributed by atoms with Crippen LogP contribution in [0.5, 0.6) is 0 Å². The largest absolute Gasteiger partial charge is 0.492 e. The highest BCUT2D eigenvalue weighted by molar-refractivity contribution is 6.26. The van der Waals surface area contributed by atoms with E-state index in [1.807, 2.05) is 0 Å². The molecule has 4 heteroatoms. The summed E-state index contributed by atoms with van der Waals surface area (Å²) in [6.45, 7) is 1.45. The van der Waals surface area contributed by atoms with Crippen LogP contribution in [-0.4, -0.2) is 24.5 Å². The number of allylic oxidation sites excluding steroid dienone is 2. The van der Waals surface area contributed by atoms with Crippen molar-refractivity contribution in [3.05, 3.63) is 46.7 Å². The van der Waals surface area contributed by atoms with Gasteiger partial charge in [-0.05, 0) is 13.3 Å². The maximum Gasteiger partial charge on any atom is 0.228 e. The molecule has 0 aliphatic heterocycles. The van der Waals surface area contributed by atoms with Gasteiger partial charge in [0.15, 0.2) is 11.5 Å². The lowest BCUT2D eigenvalue weighted by Gasteiger charge is -2.19. The molecule has 0 bridgehead atoms. The molecule has 0 radical (unpaired) electrons. The van der Waals surface area contributed by atoms with Gasteiger partial charge < -0.3 is 9.53 Å². The second-order valence-electron chi connectivity index (χ2n) is 4.42. The van der Waals surface area contributed by atoms with Gasteiger partial charge in [0.05, 0.1) is 7.11 Å². The highest BCUT2D eigenvalue weighted by Gasteiger charge is 2.32. The fraction of sp³-hybridized carbons (Fsp3) is 0.267. The lowest BCUT2D eigenvalue weighted by molar-refractivity contribution is -0.116. The number of ether oxygens (including phenoxy) is 1. The van der Waals surface area contributed by atoms with Crippen molar-refractivity contribution in [1.29, 1.82) is 0 Å². The topological polar surface area (TPSA) is 60.4 Å². The first-order chi connectivity index (χ1) is 9.06. The summed E-state index contributed by atoms with van der Waals surface area (Å²) in [7, 11) is 1.36. The Balaban J connectivity index is 2.48. The Labute approximate surface area is 111 Å². The molecule has 0 amide bonds. The van der Waals surface area contributed by atoms with Crippen LogP contribution in [0.4, 0.5) is 0 Å². The van der Waals surface area contributed by atoms with E-state index in [1.165, 1.54) is 14.0 Å². The number of rotatable bonds is 4. The van der Waals surface area contributed by atoms with Crippen molar-refractivity contribution in [1.82, 2.24) is 0 Å². The van der Waals surface area contributed by atoms with E-state index < -0.39 is 0 Å². The Bertz CT molecular complexity index is 596. The van der Waals surface area contributed by atoms with Crippen molar-refractivity contribution in [2.45, 2.75) is 19.8 Å². The molecule has 0 unspecified atom stereocenters. The zero-order valence-electron chi connectivity index (χ0n) is 10.9. The predicted octanol–water partition coefficient (Wildman–Crippen LogP) is 2.34. The van der Waals surface area contributed by atoms with Crippen LogP contribution in [0, 0.1) is 0 Å². The van der Waals surface area contributed by atoms with E-state index in [1.54, 1.807) is 24.3 Å². The Morgan fingerprint density at radius 3 is 2.21 bits per heavy atom. The lowest BCUT2D eigenvalue weighted by atomic mass is 9.86. The molecule has 19 heavy (non-hydrogen) atoms. The first-order valence-corrected chi connectivity index (χ1v) is 6.01. The zero-order valence-corrected chi connectivity index (χ0v) is 10.9. The van der Waals surface area contributed by atoms with E-state index in [4.69, 9.17) is 4.74 Å². The molecule has 0 atom stereocenters. The van der Waals surface area contributed by atoms with Crippen LogP contribution in [0.15, 0.2) is 35.6 Å². The number of carbonyl (C=O) groups is 3. The van der Waals surface area contributed by atoms with Gasteiger partial charge in [0.2, 0.25) is 5.78 Å². The molecular formula is C15H14O4. The standard InChI is InChI=1S/C15H14O4/c1-9(16)7-8-12-13(17)10-5-3-4-6-11(10)14(18)15(12)19-2/h3-6H,7-8H2,1-2H3. The van der Waals surface area contributed by atoms with Gasteiger partial charge in [-0.2, -0.15) is 0 Å². The molecule has 0 spiro atoms. The number of methoxy groups -OCH3 is 1. The average Bonchev–Trinajstić information content (AvgIpc) is 2.41. The molecule has 98 valence electrons. The number of Topliss-reactive ketones (excluding diaryl/α,β-unsaturated/α-hetero) is 3. The fourth-order valence-electron chi connectivity index (χ4n) is 2.15. The van der Waals surface area contributed by atoms with E-state index >= 15 is 0 Å². The number of hydrogen-bond donors (Lipinski definition) is 0. The summed E-state index contributed by atoms with van der Waals surface area (Å²) in [5.41, 5.74) is 1.03. The van der Waals surface area contributed by atoms with Gasteiger partial charge in [0.1, 0.15) is 5.78 Å². The molecule has 1 aliphatic rings. The van der Waals surface area contributed by atoms with Gasteiger partial charge in [0.25, 0.3) is 0 Å². The van der Waals surface area contributed by atoms with E-state index in [9.17, 15) is 14.4 Å². The molecule has 1 aliphatic carbocycles. The third-order valence-electron chi connectivity index (χ3n) is 3.10. The van der Waals surface area contributed by atoms with Gasteiger partial charge in [-0.3, -0.25) is 9.59 Å². The first kappa shape index (κ1) is 13.2. The minimum absolute atomic E-state index is 0.0259. The van der Waals surface area contributed by atoms with Crippen molar-refractivity contribution in [2.24, 2.45) is 0 Å². The summed E-state index contributed by atoms with van der Waals surface area (Å²) in [6.07, 6.45) is 0.459. The maximum atomic E-state index is 12.3. The van der Waals surface area contributed by atoms with Gasteiger partial charge in [-0.15, -0.1) is 0 Å². The monoisotopic (exact) mass is 258 g/mol. The number of fused-ring (bicyclic) bond motifs is 1. The third kappa shape index (κ3) is 2.34. The summed E-state index contributed by atoms with van der Waals surface area (Å²) in [4.78, 5) is 35.6. The molecule has 4 nitrogen and oxygen atoms in total. The molecular weight excluding hydrogens is 244 g/mol. The van der Waals surface area contributed by atoms with E-state index in [0.29, 0.717) is 16.7 Å². The SMILES string of the molecule is COC1=C(CCC(C)=O)C(=O)c2ccccc2C1=O. The fourth-order valence-corrected chi connectivity index (χ4v) is 2.15. The molecule has 1 aromatic rings. The first-order valence-electron chi connectivity index (χ1n) is 6.01. The molecule has 0 saturated carbocycles. The van der Waals surface area contributed by atoms with Crippen molar-refractivity contribution in [3.8, 4) is 0 Å². The van der Waals surface area contributed by atoms with Crippen LogP contribution < -0.4 is 0 Å². The minimum Gasteiger partial charge on any atom is -0.492 e. The van der Waals surface area contributed by atoms with Gasteiger partial charge >= 0.3 is 0 Å². The molecule has 0 N–H and O–H groups in total. The predicted molar refractivity (Wildman–Crippen MR) is 69.1 cm³/mol. The van der Waals surface area contributed by atoms with Crippen LogP contribution in [0.2, 0.25) is 0 Å². The third-order valence-corrected chi connectivity index (χ3v) is 3.10. The highest BCUT2D eigenvalue weighted by atomic mass is 16.5. The second kappa shape index (κ2) is 5.18. The highest BCUT2D eigenvalue weighted by Crippen LogP contribution is 2.29. The van der Waals surface area contributed by atoms with E-state index in [0.717, 1.165) is 0 Å². The normalized spacial score (nSPS) is 14.4. The van der Waals surface area contributed by atoms with Crippen LogP contribution in [0.3, 0.4) is 0 Å². The van der Waals surface area contributed by atoms with Crippen molar-refractivity contribution in [2.75, 3.05) is 7.11 Å².